The van der Waals surface area contributed by atoms with Crippen LogP contribution in [0.5, 0.6) is 0 Å². The van der Waals surface area contributed by atoms with Crippen molar-refractivity contribution in [2.45, 2.75) is 39.6 Å². The first kappa shape index (κ1) is 26.1. The van der Waals surface area contributed by atoms with Gasteiger partial charge in [-0.05, 0) is 53.1 Å². The molecule has 182 valence electrons. The Labute approximate surface area is 205 Å². The summed E-state index contributed by atoms with van der Waals surface area (Å²) in [5.74, 6) is -0.723. The molecule has 0 atom stereocenters. The number of carbonyl (C=O) groups excluding carboxylic acids is 1. The highest BCUT2D eigenvalue weighted by Gasteiger charge is 2.28. The van der Waals surface area contributed by atoms with Gasteiger partial charge in [0.15, 0.2) is 0 Å². The summed E-state index contributed by atoms with van der Waals surface area (Å²) in [6, 6.07) is 17.0. The first-order valence-electron chi connectivity index (χ1n) is 11.2. The van der Waals surface area contributed by atoms with E-state index >= 15 is 0 Å². The maximum Gasteiger partial charge on any atom is 0.238 e. The van der Waals surface area contributed by atoms with Crippen molar-refractivity contribution in [1.29, 1.82) is 0 Å². The fourth-order valence-electron chi connectivity index (χ4n) is 3.59. The zero-order valence-corrected chi connectivity index (χ0v) is 21.4. The molecule has 0 fully saturated rings. The van der Waals surface area contributed by atoms with Crippen molar-refractivity contribution in [3.05, 3.63) is 93.4 Å². The third kappa shape index (κ3) is 7.48. The third-order valence-corrected chi connectivity index (χ3v) is 8.18. The van der Waals surface area contributed by atoms with Gasteiger partial charge in [0.2, 0.25) is 15.9 Å². The molecular weight excluding hydrogens is 471 g/mol. The second kappa shape index (κ2) is 11.7. The molecule has 5 nitrogen and oxygen atoms in total. The molecule has 0 saturated carbocycles. The molecule has 34 heavy (non-hydrogen) atoms. The van der Waals surface area contributed by atoms with E-state index in [2.05, 4.69) is 0 Å². The minimum absolute atomic E-state index is 0.0587. The summed E-state index contributed by atoms with van der Waals surface area (Å²) < 4.78 is 41.2. The quantitative estimate of drug-likeness (QED) is 0.362. The third-order valence-electron chi connectivity index (χ3n) is 5.41. The fourth-order valence-corrected chi connectivity index (χ4v) is 6.14. The molecule has 0 unspecified atom stereocenters. The van der Waals surface area contributed by atoms with Crippen LogP contribution in [0.4, 0.5) is 4.39 Å². The lowest BCUT2D eigenvalue weighted by molar-refractivity contribution is -0.132. The van der Waals surface area contributed by atoms with Crippen LogP contribution >= 0.6 is 11.3 Å². The molecule has 3 aromatic rings. The number of halogens is 1. The predicted octanol–water partition coefficient (Wildman–Crippen LogP) is 5.21. The number of aryl methyl sites for hydroxylation is 1. The molecule has 8 heteroatoms. The second-order valence-corrected chi connectivity index (χ2v) is 11.8. The molecule has 3 rings (SSSR count). The number of benzene rings is 2. The minimum atomic E-state index is -3.71. The lowest BCUT2D eigenvalue weighted by atomic mass is 10.2. The van der Waals surface area contributed by atoms with Crippen LogP contribution in [0.3, 0.4) is 0 Å². The molecule has 0 bridgehead atoms. The molecule has 0 saturated heterocycles. The molecule has 0 N–H and O–H groups in total. The van der Waals surface area contributed by atoms with Crippen molar-refractivity contribution >= 4 is 27.3 Å². The molecule has 0 aliphatic carbocycles. The smallest absolute Gasteiger partial charge is 0.238 e. The molecule has 1 amide bonds. The summed E-state index contributed by atoms with van der Waals surface area (Å²) in [6.07, 6.45) is 0. The van der Waals surface area contributed by atoms with Gasteiger partial charge in [-0.25, -0.2) is 12.8 Å². The number of amides is 1. The van der Waals surface area contributed by atoms with E-state index in [0.717, 1.165) is 16.0 Å². The Morgan fingerprint density at radius 3 is 2.24 bits per heavy atom. The Balaban J connectivity index is 1.84. The monoisotopic (exact) mass is 502 g/mol. The number of hydrogen-bond acceptors (Lipinski definition) is 4. The minimum Gasteiger partial charge on any atom is -0.332 e. The van der Waals surface area contributed by atoms with E-state index in [0.29, 0.717) is 12.1 Å². The Bertz CT molecular complexity index is 1180. The van der Waals surface area contributed by atoms with Crippen LogP contribution in [0.2, 0.25) is 0 Å². The average Bonchev–Trinajstić information content (AvgIpc) is 3.18. The molecule has 1 aromatic heterocycles. The molecule has 0 radical (unpaired) electrons. The highest BCUT2D eigenvalue weighted by atomic mass is 32.2. The predicted molar refractivity (Wildman–Crippen MR) is 135 cm³/mol. The Hall–Kier alpha value is -2.55. The lowest BCUT2D eigenvalue weighted by Gasteiger charge is -2.28. The molecular formula is C26H31FN2O3S2. The van der Waals surface area contributed by atoms with Crippen LogP contribution in [0.15, 0.2) is 66.0 Å². The number of thiophene rings is 1. The number of hydrogen-bond donors (Lipinski definition) is 0. The van der Waals surface area contributed by atoms with E-state index < -0.39 is 10.0 Å². The second-order valence-electron chi connectivity index (χ2n) is 8.83. The van der Waals surface area contributed by atoms with Gasteiger partial charge in [-0.2, -0.15) is 4.31 Å². The van der Waals surface area contributed by atoms with E-state index in [9.17, 15) is 17.6 Å². The van der Waals surface area contributed by atoms with Gasteiger partial charge in [0, 0.05) is 18.0 Å². The Morgan fingerprint density at radius 1 is 0.971 bits per heavy atom. The largest absolute Gasteiger partial charge is 0.332 e. The van der Waals surface area contributed by atoms with Crippen molar-refractivity contribution in [1.82, 2.24) is 9.21 Å². The summed E-state index contributed by atoms with van der Waals surface area (Å²) in [5, 5.41) is 1.97. The number of rotatable bonds is 11. The lowest BCUT2D eigenvalue weighted by Crippen LogP contribution is -2.44. The van der Waals surface area contributed by atoms with Crippen molar-refractivity contribution < 1.29 is 17.6 Å². The number of nitrogens with zero attached hydrogens (tertiary/aromatic N) is 2. The summed E-state index contributed by atoms with van der Waals surface area (Å²) in [7, 11) is -3.71. The van der Waals surface area contributed by atoms with E-state index in [1.54, 1.807) is 52.6 Å². The van der Waals surface area contributed by atoms with Crippen LogP contribution in [0, 0.1) is 18.7 Å². The highest BCUT2D eigenvalue weighted by molar-refractivity contribution is 7.88. The number of sulfonamides is 1. The first-order valence-corrected chi connectivity index (χ1v) is 13.7. The maximum atomic E-state index is 13.5. The molecule has 0 spiro atoms. The van der Waals surface area contributed by atoms with Crippen LogP contribution in [-0.2, 0) is 33.7 Å². The highest BCUT2D eigenvalue weighted by Crippen LogP contribution is 2.21. The van der Waals surface area contributed by atoms with Crippen molar-refractivity contribution in [2.75, 3.05) is 13.1 Å². The van der Waals surface area contributed by atoms with Crippen LogP contribution in [0.25, 0.3) is 0 Å². The first-order chi connectivity index (χ1) is 16.1. The van der Waals surface area contributed by atoms with Crippen LogP contribution in [0.1, 0.15) is 35.4 Å². The van der Waals surface area contributed by atoms with Crippen molar-refractivity contribution in [3.8, 4) is 0 Å². The Kier molecular flexibility index (Phi) is 8.99. The van der Waals surface area contributed by atoms with E-state index in [4.69, 9.17) is 0 Å². The van der Waals surface area contributed by atoms with Gasteiger partial charge in [0.25, 0.3) is 0 Å². The van der Waals surface area contributed by atoms with Gasteiger partial charge in [0.05, 0.1) is 18.8 Å². The molecule has 2 aromatic carbocycles. The Morgan fingerprint density at radius 2 is 1.65 bits per heavy atom. The normalized spacial score (nSPS) is 11.8. The molecule has 1 heterocycles. The molecule has 0 aliphatic heterocycles. The summed E-state index contributed by atoms with van der Waals surface area (Å²) in [6.45, 7) is 6.50. The van der Waals surface area contributed by atoms with Crippen molar-refractivity contribution in [2.24, 2.45) is 5.92 Å². The number of carbonyl (C=O) groups is 1. The fraction of sp³-hybridized carbons (Fsp3) is 0.346. The van der Waals surface area contributed by atoms with Crippen molar-refractivity contribution in [3.63, 3.8) is 0 Å². The standard InChI is InChI=1S/C26H31FN2O3S2/c1-20(2)15-29(34(31,32)19-23-7-5-4-6-8-23)18-26(30)28(17-25-21(3)13-14-33-25)16-22-9-11-24(27)12-10-22/h4-14,20H,15-19H2,1-3H3. The van der Waals surface area contributed by atoms with Gasteiger partial charge in [0.1, 0.15) is 5.82 Å². The zero-order chi connectivity index (χ0) is 24.7. The van der Waals surface area contributed by atoms with Gasteiger partial charge in [-0.3, -0.25) is 4.79 Å². The van der Waals surface area contributed by atoms with Gasteiger partial charge >= 0.3 is 0 Å². The van der Waals surface area contributed by atoms with Gasteiger partial charge in [-0.1, -0.05) is 56.3 Å². The van der Waals surface area contributed by atoms with Gasteiger partial charge in [-0.15, -0.1) is 11.3 Å². The van der Waals surface area contributed by atoms with E-state index in [-0.39, 0.29) is 43.0 Å². The topological polar surface area (TPSA) is 57.7 Å². The van der Waals surface area contributed by atoms with E-state index in [1.807, 2.05) is 38.3 Å². The average molecular weight is 503 g/mol. The van der Waals surface area contributed by atoms with Crippen LogP contribution in [-0.4, -0.2) is 36.6 Å². The van der Waals surface area contributed by atoms with E-state index in [1.165, 1.54) is 16.4 Å². The van der Waals surface area contributed by atoms with Gasteiger partial charge < -0.3 is 4.90 Å². The SMILES string of the molecule is Cc1ccsc1CN(Cc1ccc(F)cc1)C(=O)CN(CC(C)C)S(=O)(=O)Cc1ccccc1. The maximum absolute atomic E-state index is 13.5. The summed E-state index contributed by atoms with van der Waals surface area (Å²) >= 11 is 1.56. The summed E-state index contributed by atoms with van der Waals surface area (Å²) in [4.78, 5) is 16.2. The zero-order valence-electron chi connectivity index (χ0n) is 19.8. The molecule has 0 aliphatic rings. The van der Waals surface area contributed by atoms with Crippen LogP contribution < -0.4 is 0 Å². The summed E-state index contributed by atoms with van der Waals surface area (Å²) in [5.41, 5.74) is 2.55.